The number of carbonyl (C=O) groups is 1. The van der Waals surface area contributed by atoms with Crippen molar-refractivity contribution >= 4 is 30.5 Å². The van der Waals surface area contributed by atoms with Crippen LogP contribution in [0.3, 0.4) is 0 Å². The van der Waals surface area contributed by atoms with E-state index in [4.69, 9.17) is 7.98 Å². The molecule has 0 atom stereocenters. The van der Waals surface area contributed by atoms with Gasteiger partial charge in [0.1, 0.15) is 6.54 Å². The van der Waals surface area contributed by atoms with Crippen LogP contribution in [0, 0.1) is 0 Å². The molecule has 2 aliphatic rings. The van der Waals surface area contributed by atoms with Gasteiger partial charge in [-0.1, -0.05) is 12.1 Å². The lowest BCUT2D eigenvalue weighted by molar-refractivity contribution is -0.119. The van der Waals surface area contributed by atoms with Gasteiger partial charge in [-0.05, 0) is 24.6 Å². The maximum absolute atomic E-state index is 12.1. The first kappa shape index (κ1) is 11.1. The Morgan fingerprint density at radius 1 is 1.26 bits per heavy atom. The summed E-state index contributed by atoms with van der Waals surface area (Å²) in [6.07, 6.45) is 0.914. The second-order valence-electron chi connectivity index (χ2n) is 5.36. The Morgan fingerprint density at radius 2 is 2.11 bits per heavy atom. The van der Waals surface area contributed by atoms with Gasteiger partial charge >= 0.3 is 0 Å². The van der Waals surface area contributed by atoms with Crippen molar-refractivity contribution in [2.24, 2.45) is 0 Å². The summed E-state index contributed by atoms with van der Waals surface area (Å²) < 4.78 is 2.19. The zero-order valence-corrected chi connectivity index (χ0v) is 10.9. The van der Waals surface area contributed by atoms with Crippen LogP contribution < -0.4 is 4.90 Å². The summed E-state index contributed by atoms with van der Waals surface area (Å²) in [5, 5.41) is 1.24. The summed E-state index contributed by atoms with van der Waals surface area (Å²) >= 11 is 0. The highest BCUT2D eigenvalue weighted by molar-refractivity contribution is 6.08. The first-order valence-corrected chi connectivity index (χ1v) is 6.56. The number of amides is 1. The second kappa shape index (κ2) is 3.64. The molecule has 0 unspecified atom stereocenters. The molecular weight excluding hydrogens is 237 g/mol. The predicted molar refractivity (Wildman–Crippen MR) is 75.2 cm³/mol. The summed E-state index contributed by atoms with van der Waals surface area (Å²) in [4.78, 5) is 15.7. The summed E-state index contributed by atoms with van der Waals surface area (Å²) in [5.41, 5.74) is 4.76. The number of anilines is 1. The van der Waals surface area contributed by atoms with Crippen molar-refractivity contribution in [3.8, 4) is 0 Å². The Labute approximate surface area is 113 Å². The Hall–Kier alpha value is -1.75. The minimum absolute atomic E-state index is 0.147. The van der Waals surface area contributed by atoms with E-state index in [0.29, 0.717) is 6.54 Å². The van der Waals surface area contributed by atoms with Crippen LogP contribution in [-0.2, 0) is 24.3 Å². The average Bonchev–Trinajstić information content (AvgIpc) is 2.71. The van der Waals surface area contributed by atoms with Crippen molar-refractivity contribution < 1.29 is 4.79 Å². The van der Waals surface area contributed by atoms with Crippen molar-refractivity contribution in [1.82, 2.24) is 9.38 Å². The number of hydrogen-bond acceptors (Lipinski definition) is 2. The molecule has 0 aliphatic carbocycles. The van der Waals surface area contributed by atoms with Crippen molar-refractivity contribution in [2.75, 3.05) is 18.5 Å². The van der Waals surface area contributed by atoms with Crippen molar-refractivity contribution in [2.45, 2.75) is 19.5 Å². The van der Waals surface area contributed by atoms with E-state index < -0.39 is 0 Å². The van der Waals surface area contributed by atoms with Gasteiger partial charge in [0, 0.05) is 24.7 Å². The molecule has 0 N–H and O–H groups in total. The monoisotopic (exact) mass is 251 g/mol. The molecule has 4 nitrogen and oxygen atoms in total. The number of carbonyl (C=O) groups excluding carboxylic acids is 1. The van der Waals surface area contributed by atoms with Gasteiger partial charge in [0.05, 0.1) is 11.2 Å². The van der Waals surface area contributed by atoms with Crippen LogP contribution in [0.25, 0.3) is 10.9 Å². The molecular formula is C14H14BN3O. The minimum atomic E-state index is 0.147. The van der Waals surface area contributed by atoms with E-state index in [1.54, 1.807) is 4.90 Å². The number of likely N-dealkylation sites (N-methyl/N-ethyl adjacent to an activating group) is 1. The van der Waals surface area contributed by atoms with E-state index >= 15 is 0 Å². The lowest BCUT2D eigenvalue weighted by Crippen LogP contribution is -2.35. The summed E-state index contributed by atoms with van der Waals surface area (Å²) in [7, 11) is 7.80. The summed E-state index contributed by atoms with van der Waals surface area (Å²) in [6.45, 7) is 2.06. The predicted octanol–water partition coefficient (Wildman–Crippen LogP) is 1.06. The van der Waals surface area contributed by atoms with Gasteiger partial charge in [0.2, 0.25) is 5.91 Å². The minimum Gasteiger partial charge on any atom is -0.349 e. The third-order valence-electron chi connectivity index (χ3n) is 4.31. The van der Waals surface area contributed by atoms with Crippen LogP contribution in [0.1, 0.15) is 11.3 Å². The van der Waals surface area contributed by atoms with Crippen LogP contribution >= 0.6 is 0 Å². The van der Waals surface area contributed by atoms with E-state index in [1.165, 1.54) is 22.2 Å². The average molecular weight is 251 g/mol. The molecule has 3 heterocycles. The largest absolute Gasteiger partial charge is 0.349 e. The second-order valence-corrected chi connectivity index (χ2v) is 5.36. The number of benzene rings is 1. The smallest absolute Gasteiger partial charge is 0.246 e. The lowest BCUT2D eigenvalue weighted by Gasteiger charge is -2.27. The zero-order chi connectivity index (χ0) is 13.1. The number of rotatable bonds is 0. The molecule has 2 aliphatic heterocycles. The van der Waals surface area contributed by atoms with Crippen LogP contribution in [0.5, 0.6) is 0 Å². The Morgan fingerprint density at radius 3 is 2.95 bits per heavy atom. The van der Waals surface area contributed by atoms with Gasteiger partial charge < -0.3 is 14.3 Å². The van der Waals surface area contributed by atoms with Crippen molar-refractivity contribution in [1.29, 1.82) is 0 Å². The number of fused-ring (bicyclic) bond motifs is 3. The topological polar surface area (TPSA) is 28.5 Å². The van der Waals surface area contributed by atoms with E-state index in [1.807, 2.05) is 24.0 Å². The molecule has 0 spiro atoms. The van der Waals surface area contributed by atoms with Crippen LogP contribution in [0.2, 0.25) is 0 Å². The van der Waals surface area contributed by atoms with Gasteiger partial charge in [-0.2, -0.15) is 0 Å². The molecule has 4 rings (SSSR count). The molecule has 2 aromatic rings. The van der Waals surface area contributed by atoms with E-state index in [0.717, 1.165) is 25.2 Å². The quantitative estimate of drug-likeness (QED) is 0.655. The first-order chi connectivity index (χ1) is 9.16. The lowest BCUT2D eigenvalue weighted by atomic mass is 10.0. The molecule has 0 saturated carbocycles. The molecule has 19 heavy (non-hydrogen) atoms. The van der Waals surface area contributed by atoms with Crippen LogP contribution in [0.4, 0.5) is 5.69 Å². The standard InChI is InChI=1S/C14H14BN3O/c1-16-12-4-2-3-9-10-7-17(15)6-5-11(10)18(14(9)12)8-13(16)19/h2-4H,5-8H2,1H3. The van der Waals surface area contributed by atoms with E-state index in [9.17, 15) is 4.79 Å². The first-order valence-electron chi connectivity index (χ1n) is 6.56. The Balaban J connectivity index is 2.09. The molecule has 94 valence electrons. The Bertz CT molecular complexity index is 706. The van der Waals surface area contributed by atoms with Crippen LogP contribution in [0.15, 0.2) is 18.2 Å². The highest BCUT2D eigenvalue weighted by Crippen LogP contribution is 2.38. The number of hydrogen-bond donors (Lipinski definition) is 0. The van der Waals surface area contributed by atoms with Crippen LogP contribution in [-0.4, -0.2) is 36.9 Å². The van der Waals surface area contributed by atoms with Crippen molar-refractivity contribution in [3.63, 3.8) is 0 Å². The van der Waals surface area contributed by atoms with E-state index in [-0.39, 0.29) is 5.91 Å². The van der Waals surface area contributed by atoms with Gasteiger partial charge in [-0.25, -0.2) is 0 Å². The summed E-state index contributed by atoms with van der Waals surface area (Å²) in [5.74, 6) is 0.147. The zero-order valence-electron chi connectivity index (χ0n) is 10.9. The fourth-order valence-electron chi connectivity index (χ4n) is 3.33. The SMILES string of the molecule is [B]N1CCc2c(c3cccc4c3n2CC(=O)N4C)C1. The molecule has 1 amide bonds. The fourth-order valence-corrected chi connectivity index (χ4v) is 3.33. The molecule has 0 saturated heterocycles. The maximum Gasteiger partial charge on any atom is 0.246 e. The van der Waals surface area contributed by atoms with Gasteiger partial charge in [-0.3, -0.25) is 4.79 Å². The summed E-state index contributed by atoms with van der Waals surface area (Å²) in [6, 6.07) is 6.17. The third-order valence-corrected chi connectivity index (χ3v) is 4.31. The highest BCUT2D eigenvalue weighted by atomic mass is 16.2. The maximum atomic E-state index is 12.1. The van der Waals surface area contributed by atoms with Gasteiger partial charge in [-0.15, -0.1) is 0 Å². The number of para-hydroxylation sites is 1. The normalized spacial score (nSPS) is 19.0. The van der Waals surface area contributed by atoms with Gasteiger partial charge in [0.25, 0.3) is 0 Å². The molecule has 1 aromatic heterocycles. The molecule has 1 aromatic carbocycles. The van der Waals surface area contributed by atoms with E-state index in [2.05, 4.69) is 10.6 Å². The number of aromatic nitrogens is 1. The Kier molecular flexibility index (Phi) is 2.13. The van der Waals surface area contributed by atoms with Gasteiger partial charge in [0.15, 0.2) is 7.98 Å². The van der Waals surface area contributed by atoms with Crippen molar-refractivity contribution in [3.05, 3.63) is 29.5 Å². The fraction of sp³-hybridized carbons (Fsp3) is 0.357. The molecule has 5 heteroatoms. The third kappa shape index (κ3) is 1.36. The molecule has 0 fully saturated rings. The molecule has 0 bridgehead atoms. The highest BCUT2D eigenvalue weighted by Gasteiger charge is 2.29. The number of nitrogens with zero attached hydrogens (tertiary/aromatic N) is 3. The molecule has 2 radical (unpaired) electrons.